The lowest BCUT2D eigenvalue weighted by Gasteiger charge is -2.10. The van der Waals surface area contributed by atoms with E-state index in [-0.39, 0.29) is 11.7 Å². The molecule has 1 aliphatic carbocycles. The highest BCUT2D eigenvalue weighted by Crippen LogP contribution is 2.31. The summed E-state index contributed by atoms with van der Waals surface area (Å²) in [5.41, 5.74) is 1.84. The molecule has 1 N–H and O–H groups in total. The van der Waals surface area contributed by atoms with Crippen LogP contribution in [0, 0.1) is 0 Å². The van der Waals surface area contributed by atoms with Crippen LogP contribution in [0.25, 0.3) is 5.69 Å². The number of thiazole rings is 1. The number of rotatable bonds is 7. The lowest BCUT2D eigenvalue weighted by Crippen LogP contribution is -2.14. The highest BCUT2D eigenvalue weighted by atomic mass is 32.2. The maximum absolute atomic E-state index is 12.4. The number of tetrazole rings is 1. The van der Waals surface area contributed by atoms with Gasteiger partial charge in [-0.05, 0) is 48.2 Å². The van der Waals surface area contributed by atoms with Gasteiger partial charge in [0, 0.05) is 10.9 Å². The molecule has 0 saturated heterocycles. The molecule has 0 radical (unpaired) electrons. The molecule has 29 heavy (non-hydrogen) atoms. The number of nitrogens with one attached hydrogen (secondary N) is 1. The van der Waals surface area contributed by atoms with Crippen LogP contribution in [0.15, 0.2) is 23.4 Å². The van der Waals surface area contributed by atoms with Gasteiger partial charge in [-0.2, -0.15) is 4.68 Å². The number of anilines is 1. The summed E-state index contributed by atoms with van der Waals surface area (Å²) in [4.78, 5) is 18.2. The van der Waals surface area contributed by atoms with Crippen LogP contribution in [0.4, 0.5) is 5.13 Å². The van der Waals surface area contributed by atoms with Crippen molar-refractivity contribution in [1.82, 2.24) is 25.2 Å². The average Bonchev–Trinajstić information content (AvgIpc) is 3.37. The number of nitrogens with zero attached hydrogens (tertiary/aromatic N) is 5. The molecule has 0 unspecified atom stereocenters. The highest BCUT2D eigenvalue weighted by Gasteiger charge is 2.18. The summed E-state index contributed by atoms with van der Waals surface area (Å²) in [6, 6.07) is 5.38. The summed E-state index contributed by atoms with van der Waals surface area (Å²) >= 11 is 2.82. The van der Waals surface area contributed by atoms with Gasteiger partial charge in [0.05, 0.1) is 31.4 Å². The number of methoxy groups -OCH3 is 2. The van der Waals surface area contributed by atoms with Crippen molar-refractivity contribution in [3.63, 3.8) is 0 Å². The summed E-state index contributed by atoms with van der Waals surface area (Å²) < 4.78 is 12.1. The van der Waals surface area contributed by atoms with Gasteiger partial charge in [-0.1, -0.05) is 11.8 Å². The predicted octanol–water partition coefficient (Wildman–Crippen LogP) is 2.75. The molecule has 1 aliphatic rings. The Balaban J connectivity index is 1.41. The number of fused-ring (bicyclic) bond motifs is 1. The Morgan fingerprint density at radius 2 is 2.07 bits per heavy atom. The van der Waals surface area contributed by atoms with Crippen molar-refractivity contribution < 1.29 is 14.3 Å². The fourth-order valence-corrected chi connectivity index (χ4v) is 4.84. The third-order valence-electron chi connectivity index (χ3n) is 4.48. The highest BCUT2D eigenvalue weighted by molar-refractivity contribution is 7.99. The minimum absolute atomic E-state index is 0.136. The Kier molecular flexibility index (Phi) is 5.95. The molecule has 2 heterocycles. The van der Waals surface area contributed by atoms with E-state index in [0.717, 1.165) is 18.5 Å². The number of thioether (sulfide) groups is 1. The SMILES string of the molecule is COc1ccc(-n2nnnc2SCC(=O)Nc2nc3c(s2)CCCC3)cc1OC. The zero-order valence-electron chi connectivity index (χ0n) is 16.0. The van der Waals surface area contributed by atoms with Crippen LogP contribution in [0.1, 0.15) is 23.4 Å². The smallest absolute Gasteiger partial charge is 0.236 e. The molecule has 4 rings (SSSR count). The summed E-state index contributed by atoms with van der Waals surface area (Å²) in [6.45, 7) is 0. The zero-order valence-corrected chi connectivity index (χ0v) is 17.7. The quantitative estimate of drug-likeness (QED) is 0.569. The standard InChI is InChI=1S/C18H20N6O3S2/c1-26-13-8-7-11(9-14(13)27-2)24-18(21-22-23-24)28-10-16(25)20-17-19-12-5-3-4-6-15(12)29-17/h7-9H,3-6,10H2,1-2H3,(H,19,20,25). The van der Waals surface area contributed by atoms with Crippen molar-refractivity contribution >= 4 is 34.1 Å². The Morgan fingerprint density at radius 3 is 2.86 bits per heavy atom. The van der Waals surface area contributed by atoms with Crippen molar-refractivity contribution in [1.29, 1.82) is 0 Å². The van der Waals surface area contributed by atoms with E-state index in [1.165, 1.54) is 29.5 Å². The monoisotopic (exact) mass is 432 g/mol. The fourth-order valence-electron chi connectivity index (χ4n) is 3.08. The van der Waals surface area contributed by atoms with Gasteiger partial charge < -0.3 is 14.8 Å². The fraction of sp³-hybridized carbons (Fsp3) is 0.389. The minimum Gasteiger partial charge on any atom is -0.493 e. The van der Waals surface area contributed by atoms with Crippen LogP contribution in [0.3, 0.4) is 0 Å². The van der Waals surface area contributed by atoms with Crippen molar-refractivity contribution in [3.8, 4) is 17.2 Å². The van der Waals surface area contributed by atoms with Gasteiger partial charge in [0.15, 0.2) is 16.6 Å². The van der Waals surface area contributed by atoms with Crippen molar-refractivity contribution in [2.24, 2.45) is 0 Å². The van der Waals surface area contributed by atoms with Gasteiger partial charge in [0.1, 0.15) is 0 Å². The third-order valence-corrected chi connectivity index (χ3v) is 6.47. The number of carbonyl (C=O) groups excluding carboxylic acids is 1. The maximum Gasteiger partial charge on any atom is 0.236 e. The van der Waals surface area contributed by atoms with Crippen molar-refractivity contribution in [3.05, 3.63) is 28.8 Å². The Hall–Kier alpha value is -2.66. The van der Waals surface area contributed by atoms with E-state index in [1.54, 1.807) is 42.4 Å². The zero-order chi connectivity index (χ0) is 20.2. The van der Waals surface area contributed by atoms with Crippen molar-refractivity contribution in [2.45, 2.75) is 30.8 Å². The number of benzene rings is 1. The van der Waals surface area contributed by atoms with E-state index in [1.807, 2.05) is 6.07 Å². The van der Waals surface area contributed by atoms with E-state index < -0.39 is 0 Å². The lowest BCUT2D eigenvalue weighted by molar-refractivity contribution is -0.113. The van der Waals surface area contributed by atoms with E-state index in [0.29, 0.717) is 27.5 Å². The predicted molar refractivity (Wildman–Crippen MR) is 110 cm³/mol. The number of hydrogen-bond donors (Lipinski definition) is 1. The van der Waals surface area contributed by atoms with Gasteiger partial charge in [0.2, 0.25) is 11.1 Å². The number of carbonyl (C=O) groups is 1. The van der Waals surface area contributed by atoms with E-state index in [4.69, 9.17) is 9.47 Å². The minimum atomic E-state index is -0.136. The van der Waals surface area contributed by atoms with Gasteiger partial charge in [-0.3, -0.25) is 4.79 Å². The van der Waals surface area contributed by atoms with E-state index in [9.17, 15) is 4.79 Å². The molecule has 0 saturated carbocycles. The first-order valence-corrected chi connectivity index (χ1v) is 10.9. The normalized spacial score (nSPS) is 13.0. The largest absolute Gasteiger partial charge is 0.493 e. The first-order valence-electron chi connectivity index (χ1n) is 9.10. The molecule has 152 valence electrons. The molecule has 1 amide bonds. The summed E-state index contributed by atoms with van der Waals surface area (Å²) in [7, 11) is 3.14. The Labute approximate surface area is 175 Å². The number of ether oxygens (including phenoxy) is 2. The molecule has 11 heteroatoms. The van der Waals surface area contributed by atoms with Crippen LogP contribution in [-0.4, -0.2) is 51.1 Å². The Bertz CT molecular complexity index is 995. The molecule has 3 aromatic rings. The summed E-state index contributed by atoms with van der Waals surface area (Å²) in [5, 5.41) is 15.8. The van der Waals surface area contributed by atoms with Gasteiger partial charge in [-0.15, -0.1) is 16.4 Å². The van der Waals surface area contributed by atoms with Crippen LogP contribution >= 0.6 is 23.1 Å². The molecule has 1 aromatic carbocycles. The topological polar surface area (TPSA) is 104 Å². The second kappa shape index (κ2) is 8.78. The van der Waals surface area contributed by atoms with Gasteiger partial charge >= 0.3 is 0 Å². The van der Waals surface area contributed by atoms with Gasteiger partial charge in [0.25, 0.3) is 0 Å². The molecule has 0 fully saturated rings. The first kappa shape index (κ1) is 19.6. The molecule has 0 spiro atoms. The molecule has 0 atom stereocenters. The summed E-state index contributed by atoms with van der Waals surface area (Å²) in [6.07, 6.45) is 4.41. The molecular weight excluding hydrogens is 412 g/mol. The Morgan fingerprint density at radius 1 is 1.24 bits per heavy atom. The number of amides is 1. The van der Waals surface area contributed by atoms with Gasteiger partial charge in [-0.25, -0.2) is 4.98 Å². The molecular formula is C18H20N6O3S2. The number of aryl methyl sites for hydroxylation is 2. The molecule has 9 nitrogen and oxygen atoms in total. The summed E-state index contributed by atoms with van der Waals surface area (Å²) in [5.74, 6) is 1.23. The van der Waals surface area contributed by atoms with E-state index in [2.05, 4.69) is 25.8 Å². The van der Waals surface area contributed by atoms with E-state index >= 15 is 0 Å². The average molecular weight is 433 g/mol. The second-order valence-corrected chi connectivity index (χ2v) is 8.37. The molecule has 0 bridgehead atoms. The second-order valence-electron chi connectivity index (χ2n) is 6.35. The van der Waals surface area contributed by atoms with Crippen molar-refractivity contribution in [2.75, 3.05) is 25.3 Å². The molecule has 0 aliphatic heterocycles. The van der Waals surface area contributed by atoms with Crippen LogP contribution < -0.4 is 14.8 Å². The first-order chi connectivity index (χ1) is 14.2. The lowest BCUT2D eigenvalue weighted by atomic mass is 10.0. The number of aromatic nitrogens is 5. The molecule has 2 aromatic heterocycles. The third kappa shape index (κ3) is 4.35. The van der Waals surface area contributed by atoms with Crippen LogP contribution in [0.2, 0.25) is 0 Å². The van der Waals surface area contributed by atoms with Crippen LogP contribution in [0.5, 0.6) is 11.5 Å². The number of hydrogen-bond acceptors (Lipinski definition) is 9. The maximum atomic E-state index is 12.4. The van der Waals surface area contributed by atoms with Crippen LogP contribution in [-0.2, 0) is 17.6 Å².